The van der Waals surface area contributed by atoms with Gasteiger partial charge in [-0.05, 0) is 75.5 Å². The van der Waals surface area contributed by atoms with Crippen molar-refractivity contribution in [3.63, 3.8) is 0 Å². The van der Waals surface area contributed by atoms with E-state index in [0.29, 0.717) is 31.4 Å². The van der Waals surface area contributed by atoms with Gasteiger partial charge < -0.3 is 15.2 Å². The molecule has 1 aliphatic carbocycles. The first kappa shape index (κ1) is 20.3. The maximum absolute atomic E-state index is 14.7. The van der Waals surface area contributed by atoms with Gasteiger partial charge in [-0.25, -0.2) is 4.39 Å². The summed E-state index contributed by atoms with van der Waals surface area (Å²) in [7, 11) is -1.37. The van der Waals surface area contributed by atoms with Crippen molar-refractivity contribution >= 4 is 13.1 Å². The molecule has 0 spiro atoms. The van der Waals surface area contributed by atoms with Crippen molar-refractivity contribution < 1.29 is 24.3 Å². The van der Waals surface area contributed by atoms with E-state index in [1.54, 1.807) is 6.07 Å². The van der Waals surface area contributed by atoms with Gasteiger partial charge >= 0.3 is 13.1 Å². The number of hydrogen-bond acceptors (Lipinski definition) is 4. The molecule has 0 bridgehead atoms. The summed E-state index contributed by atoms with van der Waals surface area (Å²) in [5.41, 5.74) is 2.11. The molecule has 7 heteroatoms. The molecule has 0 amide bonds. The van der Waals surface area contributed by atoms with E-state index in [-0.39, 0.29) is 23.6 Å². The molecule has 0 radical (unpaired) electrons. The van der Waals surface area contributed by atoms with Crippen molar-refractivity contribution in [2.45, 2.75) is 70.3 Å². The maximum Gasteiger partial charge on any atom is 0.451 e. The summed E-state index contributed by atoms with van der Waals surface area (Å²) in [5.74, 6) is -1.93. The van der Waals surface area contributed by atoms with Crippen molar-refractivity contribution in [3.8, 4) is 0 Å². The number of nitrogens with zero attached hydrogens (tertiary/aromatic N) is 1. The number of halogens is 1. The smallest absolute Gasteiger partial charge is 0.451 e. The normalized spacial score (nSPS) is 24.2. The largest absolute Gasteiger partial charge is 0.481 e. The van der Waals surface area contributed by atoms with Crippen LogP contribution in [0.5, 0.6) is 0 Å². The Balaban J connectivity index is 1.81. The standard InChI is InChI=1S/C20H29BFNO4/c1-20(2)6-4-8-23(20)12-15-10-16-14(11-17(15)22)9-13(18(16)19(24)25)5-3-7-21(26)27/h10-11,13,18,26-27H,3-9,12H2,1-2H3,(H,24,25). The fourth-order valence-electron chi connectivity index (χ4n) is 4.75. The molecule has 2 unspecified atom stereocenters. The number of likely N-dealkylation sites (tertiary alicyclic amines) is 1. The first-order chi connectivity index (χ1) is 12.7. The van der Waals surface area contributed by atoms with Crippen LogP contribution in [0.15, 0.2) is 12.1 Å². The summed E-state index contributed by atoms with van der Waals surface area (Å²) in [6.07, 6.45) is 4.05. The Kier molecular flexibility index (Phi) is 5.94. The van der Waals surface area contributed by atoms with Gasteiger partial charge in [0, 0.05) is 17.6 Å². The lowest BCUT2D eigenvalue weighted by atomic mass is 9.80. The number of carbonyl (C=O) groups is 1. The fraction of sp³-hybridized carbons (Fsp3) is 0.650. The molecule has 2 aliphatic rings. The van der Waals surface area contributed by atoms with E-state index in [1.165, 1.54) is 6.07 Å². The molecule has 1 saturated heterocycles. The molecule has 0 saturated carbocycles. The maximum atomic E-state index is 14.7. The highest BCUT2D eigenvalue weighted by Crippen LogP contribution is 2.42. The van der Waals surface area contributed by atoms with E-state index < -0.39 is 19.0 Å². The van der Waals surface area contributed by atoms with Gasteiger partial charge in [0.1, 0.15) is 5.82 Å². The number of benzene rings is 1. The summed E-state index contributed by atoms with van der Waals surface area (Å²) >= 11 is 0. The molecule has 5 nitrogen and oxygen atoms in total. The second-order valence-corrected chi connectivity index (χ2v) is 8.67. The summed E-state index contributed by atoms with van der Waals surface area (Å²) in [6, 6.07) is 3.28. The molecule has 3 rings (SSSR count). The Labute approximate surface area is 160 Å². The molecule has 148 valence electrons. The topological polar surface area (TPSA) is 81.0 Å². The Bertz CT molecular complexity index is 709. The summed E-state index contributed by atoms with van der Waals surface area (Å²) in [5, 5.41) is 27.8. The van der Waals surface area contributed by atoms with E-state index in [2.05, 4.69) is 18.7 Å². The Morgan fingerprint density at radius 1 is 1.37 bits per heavy atom. The zero-order valence-corrected chi connectivity index (χ0v) is 16.1. The molecule has 1 heterocycles. The van der Waals surface area contributed by atoms with Gasteiger partial charge in [-0.2, -0.15) is 0 Å². The zero-order valence-electron chi connectivity index (χ0n) is 16.1. The first-order valence-corrected chi connectivity index (χ1v) is 9.84. The average Bonchev–Trinajstić information content (AvgIpc) is 3.07. The van der Waals surface area contributed by atoms with Crippen LogP contribution in [0.2, 0.25) is 6.32 Å². The van der Waals surface area contributed by atoms with Crippen LogP contribution < -0.4 is 0 Å². The third kappa shape index (κ3) is 4.36. The zero-order chi connectivity index (χ0) is 19.8. The van der Waals surface area contributed by atoms with Crippen LogP contribution >= 0.6 is 0 Å². The number of fused-ring (bicyclic) bond motifs is 1. The fourth-order valence-corrected chi connectivity index (χ4v) is 4.75. The van der Waals surface area contributed by atoms with E-state index >= 15 is 0 Å². The lowest BCUT2D eigenvalue weighted by Gasteiger charge is -2.31. The van der Waals surface area contributed by atoms with E-state index in [0.717, 1.165) is 30.5 Å². The SMILES string of the molecule is CC1(C)CCCN1Cc1cc2c(cc1F)CC(CCCB(O)O)C2C(=O)O. The van der Waals surface area contributed by atoms with Gasteiger partial charge in [-0.3, -0.25) is 9.69 Å². The van der Waals surface area contributed by atoms with Crippen molar-refractivity contribution in [2.24, 2.45) is 5.92 Å². The lowest BCUT2D eigenvalue weighted by Crippen LogP contribution is -2.37. The molecule has 1 aliphatic heterocycles. The average molecular weight is 377 g/mol. The third-order valence-corrected chi connectivity index (χ3v) is 6.33. The molecular weight excluding hydrogens is 348 g/mol. The summed E-state index contributed by atoms with van der Waals surface area (Å²) in [4.78, 5) is 14.2. The van der Waals surface area contributed by atoms with Crippen LogP contribution in [0.4, 0.5) is 4.39 Å². The van der Waals surface area contributed by atoms with Crippen molar-refractivity contribution in [1.29, 1.82) is 0 Å². The second kappa shape index (κ2) is 7.90. The number of aliphatic carboxylic acids is 1. The minimum absolute atomic E-state index is 0.0331. The van der Waals surface area contributed by atoms with Gasteiger partial charge in [0.25, 0.3) is 0 Å². The number of rotatable bonds is 7. The van der Waals surface area contributed by atoms with Crippen LogP contribution in [0.25, 0.3) is 0 Å². The van der Waals surface area contributed by atoms with Crippen LogP contribution in [0, 0.1) is 11.7 Å². The minimum Gasteiger partial charge on any atom is -0.481 e. The highest BCUT2D eigenvalue weighted by Gasteiger charge is 2.39. The van der Waals surface area contributed by atoms with Gasteiger partial charge in [0.05, 0.1) is 5.92 Å². The highest BCUT2D eigenvalue weighted by molar-refractivity contribution is 6.40. The Morgan fingerprint density at radius 3 is 2.70 bits per heavy atom. The molecule has 0 aromatic heterocycles. The van der Waals surface area contributed by atoms with Crippen LogP contribution in [0.1, 0.15) is 62.1 Å². The number of carboxylic acid groups (broad SMARTS) is 1. The molecule has 3 N–H and O–H groups in total. The van der Waals surface area contributed by atoms with Crippen molar-refractivity contribution in [1.82, 2.24) is 4.90 Å². The van der Waals surface area contributed by atoms with Gasteiger partial charge in [0.2, 0.25) is 0 Å². The van der Waals surface area contributed by atoms with Gasteiger partial charge in [0.15, 0.2) is 0 Å². The van der Waals surface area contributed by atoms with Crippen molar-refractivity contribution in [2.75, 3.05) is 6.54 Å². The summed E-state index contributed by atoms with van der Waals surface area (Å²) < 4.78 is 14.7. The van der Waals surface area contributed by atoms with Gasteiger partial charge in [-0.1, -0.05) is 12.5 Å². The van der Waals surface area contributed by atoms with E-state index in [9.17, 15) is 14.3 Å². The first-order valence-electron chi connectivity index (χ1n) is 9.84. The molecule has 27 heavy (non-hydrogen) atoms. The molecule has 1 aromatic rings. The lowest BCUT2D eigenvalue weighted by molar-refractivity contribution is -0.139. The molecule has 1 fully saturated rings. The number of hydrogen-bond donors (Lipinski definition) is 3. The molecular formula is C20H29BFNO4. The Hall–Kier alpha value is -1.44. The monoisotopic (exact) mass is 377 g/mol. The molecule has 1 aromatic carbocycles. The molecule has 2 atom stereocenters. The number of carboxylic acids is 1. The van der Waals surface area contributed by atoms with Crippen molar-refractivity contribution in [3.05, 3.63) is 34.6 Å². The quantitative estimate of drug-likeness (QED) is 0.637. The third-order valence-electron chi connectivity index (χ3n) is 6.33. The van der Waals surface area contributed by atoms with E-state index in [4.69, 9.17) is 10.0 Å². The predicted octanol–water partition coefficient (Wildman–Crippen LogP) is 2.79. The van der Waals surface area contributed by atoms with Crippen LogP contribution in [-0.4, -0.2) is 45.2 Å². The predicted molar refractivity (Wildman–Crippen MR) is 102 cm³/mol. The Morgan fingerprint density at radius 2 is 2.11 bits per heavy atom. The summed E-state index contributed by atoms with van der Waals surface area (Å²) in [6.45, 7) is 5.76. The van der Waals surface area contributed by atoms with E-state index in [1.807, 2.05) is 0 Å². The van der Waals surface area contributed by atoms with Crippen LogP contribution in [-0.2, 0) is 17.8 Å². The van der Waals surface area contributed by atoms with Crippen LogP contribution in [0.3, 0.4) is 0 Å². The minimum atomic E-state index is -1.37. The second-order valence-electron chi connectivity index (χ2n) is 8.67. The highest BCUT2D eigenvalue weighted by atomic mass is 19.1. The van der Waals surface area contributed by atoms with Gasteiger partial charge in [-0.15, -0.1) is 0 Å².